The fourth-order valence-corrected chi connectivity index (χ4v) is 4.56. The lowest BCUT2D eigenvalue weighted by atomic mass is 10.0. The van der Waals surface area contributed by atoms with Crippen molar-refractivity contribution in [2.24, 2.45) is 5.73 Å². The van der Waals surface area contributed by atoms with Crippen molar-refractivity contribution in [2.45, 2.75) is 38.8 Å². The van der Waals surface area contributed by atoms with Crippen molar-refractivity contribution in [2.75, 3.05) is 31.2 Å². The number of carbonyl (C=O) groups is 3. The highest BCUT2D eigenvalue weighted by Crippen LogP contribution is 2.32. The van der Waals surface area contributed by atoms with E-state index < -0.39 is 47.0 Å². The standard InChI is InChI=1S/C30H31F3N4O5/c1-30(2,3)42-29(40)36-11-12-41-17-25(36)28(39)37(10-8-18-13-20(31)16-21(32)14-18)27-22(5-4-9-35-27)19-6-7-24(33)23(15-19)26(34)38/h4-7,9,13-16,25H,8,10-12,17H2,1-3H3,(H2,34,38). The van der Waals surface area contributed by atoms with Crippen molar-refractivity contribution in [3.05, 3.63) is 83.3 Å². The molecule has 0 saturated carbocycles. The molecule has 1 saturated heterocycles. The van der Waals surface area contributed by atoms with E-state index in [1.165, 1.54) is 28.1 Å². The number of hydrogen-bond donors (Lipinski definition) is 1. The summed E-state index contributed by atoms with van der Waals surface area (Å²) in [6.07, 6.45) is 0.747. The number of carbonyl (C=O) groups excluding carboxylic acids is 3. The first-order valence-electron chi connectivity index (χ1n) is 13.2. The number of nitrogens with two attached hydrogens (primary N) is 1. The molecule has 1 aliphatic rings. The summed E-state index contributed by atoms with van der Waals surface area (Å²) in [4.78, 5) is 46.1. The molecule has 12 heteroatoms. The monoisotopic (exact) mass is 584 g/mol. The molecule has 42 heavy (non-hydrogen) atoms. The van der Waals surface area contributed by atoms with Crippen LogP contribution in [0.15, 0.2) is 54.7 Å². The van der Waals surface area contributed by atoms with E-state index in [0.717, 1.165) is 24.3 Å². The van der Waals surface area contributed by atoms with Gasteiger partial charge in [0.05, 0.1) is 18.8 Å². The fraction of sp³-hybridized carbons (Fsp3) is 0.333. The molecule has 3 amide bonds. The summed E-state index contributed by atoms with van der Waals surface area (Å²) in [5.74, 6) is -3.82. The van der Waals surface area contributed by atoms with Crippen LogP contribution in [0.25, 0.3) is 11.1 Å². The van der Waals surface area contributed by atoms with Crippen LogP contribution >= 0.6 is 0 Å². The summed E-state index contributed by atoms with van der Waals surface area (Å²) in [5, 5.41) is 0. The highest BCUT2D eigenvalue weighted by Gasteiger charge is 2.39. The van der Waals surface area contributed by atoms with Crippen molar-refractivity contribution in [1.29, 1.82) is 0 Å². The summed E-state index contributed by atoms with van der Waals surface area (Å²) >= 11 is 0. The number of benzene rings is 2. The summed E-state index contributed by atoms with van der Waals surface area (Å²) in [7, 11) is 0. The fourth-order valence-electron chi connectivity index (χ4n) is 4.56. The lowest BCUT2D eigenvalue weighted by Crippen LogP contribution is -2.58. The van der Waals surface area contributed by atoms with E-state index in [1.54, 1.807) is 32.9 Å². The van der Waals surface area contributed by atoms with Gasteiger partial charge in [0.2, 0.25) is 0 Å². The topological polar surface area (TPSA) is 115 Å². The average Bonchev–Trinajstić information content (AvgIpc) is 2.92. The maximum absolute atomic E-state index is 14.3. The van der Waals surface area contributed by atoms with E-state index in [1.807, 2.05) is 0 Å². The Hall–Kier alpha value is -4.45. The average molecular weight is 585 g/mol. The zero-order valence-corrected chi connectivity index (χ0v) is 23.4. The van der Waals surface area contributed by atoms with E-state index in [0.29, 0.717) is 11.1 Å². The predicted molar refractivity (Wildman–Crippen MR) is 148 cm³/mol. The summed E-state index contributed by atoms with van der Waals surface area (Å²) < 4.78 is 53.2. The smallest absolute Gasteiger partial charge is 0.411 e. The van der Waals surface area contributed by atoms with Gasteiger partial charge in [-0.2, -0.15) is 0 Å². The van der Waals surface area contributed by atoms with E-state index in [4.69, 9.17) is 15.2 Å². The largest absolute Gasteiger partial charge is 0.444 e. The third-order valence-electron chi connectivity index (χ3n) is 6.44. The van der Waals surface area contributed by atoms with Crippen LogP contribution in [-0.4, -0.2) is 65.7 Å². The number of halogens is 3. The Morgan fingerprint density at radius 3 is 2.48 bits per heavy atom. The molecule has 9 nitrogen and oxygen atoms in total. The first-order chi connectivity index (χ1) is 19.8. The number of amides is 3. The minimum absolute atomic E-state index is 0.0202. The van der Waals surface area contributed by atoms with Gasteiger partial charge in [-0.25, -0.2) is 22.9 Å². The Morgan fingerprint density at radius 2 is 1.81 bits per heavy atom. The second kappa shape index (κ2) is 12.6. The van der Waals surface area contributed by atoms with Crippen LogP contribution in [0.2, 0.25) is 0 Å². The lowest BCUT2D eigenvalue weighted by molar-refractivity contribution is -0.129. The molecule has 2 aromatic carbocycles. The van der Waals surface area contributed by atoms with Crippen molar-refractivity contribution >= 4 is 23.7 Å². The number of ether oxygens (including phenoxy) is 2. The Balaban J connectivity index is 1.77. The Morgan fingerprint density at radius 1 is 1.10 bits per heavy atom. The molecule has 1 aliphatic heterocycles. The number of rotatable bonds is 7. The Kier molecular flexibility index (Phi) is 9.15. The normalized spacial score (nSPS) is 15.3. The van der Waals surface area contributed by atoms with Gasteiger partial charge in [0.1, 0.15) is 34.9 Å². The molecule has 2 heterocycles. The van der Waals surface area contributed by atoms with Gasteiger partial charge < -0.3 is 15.2 Å². The van der Waals surface area contributed by atoms with Crippen molar-refractivity contribution in [3.8, 4) is 11.1 Å². The van der Waals surface area contributed by atoms with Crippen molar-refractivity contribution in [1.82, 2.24) is 9.88 Å². The van der Waals surface area contributed by atoms with Crippen LogP contribution in [0.3, 0.4) is 0 Å². The lowest BCUT2D eigenvalue weighted by Gasteiger charge is -2.38. The van der Waals surface area contributed by atoms with Crippen molar-refractivity contribution in [3.63, 3.8) is 0 Å². The van der Waals surface area contributed by atoms with Crippen LogP contribution in [0.1, 0.15) is 36.7 Å². The number of morpholine rings is 1. The van der Waals surface area contributed by atoms with E-state index in [2.05, 4.69) is 4.98 Å². The van der Waals surface area contributed by atoms with Gasteiger partial charge in [-0.15, -0.1) is 0 Å². The predicted octanol–water partition coefficient (Wildman–Crippen LogP) is 4.48. The molecule has 0 bridgehead atoms. The van der Waals surface area contributed by atoms with Gasteiger partial charge in [-0.3, -0.25) is 19.4 Å². The maximum atomic E-state index is 14.3. The number of aromatic nitrogens is 1. The van der Waals surface area contributed by atoms with Crippen LogP contribution in [0.4, 0.5) is 23.8 Å². The number of anilines is 1. The zero-order valence-electron chi connectivity index (χ0n) is 23.4. The highest BCUT2D eigenvalue weighted by atomic mass is 19.1. The molecule has 0 radical (unpaired) electrons. The molecular weight excluding hydrogens is 553 g/mol. The molecule has 0 spiro atoms. The molecule has 3 aromatic rings. The number of pyridine rings is 1. The van der Waals surface area contributed by atoms with Crippen LogP contribution in [-0.2, 0) is 20.7 Å². The second-order valence-corrected chi connectivity index (χ2v) is 10.7. The van der Waals surface area contributed by atoms with E-state index >= 15 is 0 Å². The quantitative estimate of drug-likeness (QED) is 0.438. The molecule has 0 aliphatic carbocycles. The van der Waals surface area contributed by atoms with Crippen LogP contribution in [0, 0.1) is 17.5 Å². The maximum Gasteiger partial charge on any atom is 0.411 e. The SMILES string of the molecule is CC(C)(C)OC(=O)N1CCOCC1C(=O)N(CCc1cc(F)cc(F)c1)c1ncccc1-c1ccc(F)c(C(N)=O)c1. The summed E-state index contributed by atoms with van der Waals surface area (Å²) in [6, 6.07) is 8.88. The van der Waals surface area contributed by atoms with Gasteiger partial charge in [0.15, 0.2) is 0 Å². The molecule has 1 aromatic heterocycles. The molecule has 1 atom stereocenters. The van der Waals surface area contributed by atoms with Crippen molar-refractivity contribution < 1.29 is 37.0 Å². The number of nitrogens with zero attached hydrogens (tertiary/aromatic N) is 3. The molecule has 2 N–H and O–H groups in total. The summed E-state index contributed by atoms with van der Waals surface area (Å²) in [5.41, 5.74) is 5.14. The highest BCUT2D eigenvalue weighted by molar-refractivity contribution is 6.01. The molecule has 1 unspecified atom stereocenters. The van der Waals surface area contributed by atoms with E-state index in [9.17, 15) is 27.6 Å². The minimum atomic E-state index is -1.11. The Bertz CT molecular complexity index is 1470. The first kappa shape index (κ1) is 30.5. The molecule has 1 fully saturated rings. The third-order valence-corrected chi connectivity index (χ3v) is 6.44. The van der Waals surface area contributed by atoms with Gasteiger partial charge in [0, 0.05) is 30.9 Å². The molecule has 4 rings (SSSR count). The molecule has 222 valence electrons. The van der Waals surface area contributed by atoms with Gasteiger partial charge in [0.25, 0.3) is 11.8 Å². The van der Waals surface area contributed by atoms with Gasteiger partial charge in [-0.05, 0) is 74.7 Å². The van der Waals surface area contributed by atoms with E-state index in [-0.39, 0.29) is 49.7 Å². The molecular formula is C30H31F3N4O5. The Labute approximate surface area is 241 Å². The second-order valence-electron chi connectivity index (χ2n) is 10.7. The number of hydrogen-bond acceptors (Lipinski definition) is 6. The minimum Gasteiger partial charge on any atom is -0.444 e. The van der Waals surface area contributed by atoms with Gasteiger partial charge >= 0.3 is 6.09 Å². The van der Waals surface area contributed by atoms with Crippen LogP contribution in [0.5, 0.6) is 0 Å². The third kappa shape index (κ3) is 7.24. The van der Waals surface area contributed by atoms with Crippen LogP contribution < -0.4 is 10.6 Å². The van der Waals surface area contributed by atoms with Gasteiger partial charge in [-0.1, -0.05) is 6.07 Å². The summed E-state index contributed by atoms with van der Waals surface area (Å²) in [6.45, 7) is 5.15. The first-order valence-corrected chi connectivity index (χ1v) is 13.2. The number of primary amides is 1. The zero-order chi connectivity index (χ0) is 30.6.